The summed E-state index contributed by atoms with van der Waals surface area (Å²) in [4.78, 5) is 14.6. The van der Waals surface area contributed by atoms with Crippen LogP contribution in [-0.2, 0) is 17.6 Å². The summed E-state index contributed by atoms with van der Waals surface area (Å²) in [5.74, 6) is -0.654. The number of guanidine groups is 1. The van der Waals surface area contributed by atoms with Gasteiger partial charge in [-0.15, -0.1) is 0 Å². The second kappa shape index (κ2) is 4.82. The number of fused-ring (bicyclic) bond motifs is 1. The van der Waals surface area contributed by atoms with Crippen molar-refractivity contribution in [2.45, 2.75) is 19.3 Å². The van der Waals surface area contributed by atoms with Gasteiger partial charge >= 0.3 is 0 Å². The normalized spacial score (nSPS) is 13.6. The lowest BCUT2D eigenvalue weighted by Gasteiger charge is -1.99. The molecule has 0 heterocycles. The SMILES string of the molecule is NC(N)=NC(=O)C=Cc1ccc2c(c1)CCC2. The molecule has 17 heavy (non-hydrogen) atoms. The van der Waals surface area contributed by atoms with Gasteiger partial charge in [0.2, 0.25) is 0 Å². The molecule has 4 N–H and O–H groups in total. The second-order valence-corrected chi connectivity index (χ2v) is 4.09. The molecule has 1 aromatic rings. The van der Waals surface area contributed by atoms with Crippen LogP contribution in [0.3, 0.4) is 0 Å². The Morgan fingerprint density at radius 1 is 1.24 bits per heavy atom. The Labute approximate surface area is 100 Å². The Morgan fingerprint density at radius 2 is 2.00 bits per heavy atom. The third-order valence-corrected chi connectivity index (χ3v) is 2.78. The lowest BCUT2D eigenvalue weighted by Crippen LogP contribution is -2.23. The number of aliphatic imine (C=N–C) groups is 1. The van der Waals surface area contributed by atoms with E-state index in [-0.39, 0.29) is 5.96 Å². The van der Waals surface area contributed by atoms with Crippen LogP contribution in [-0.4, -0.2) is 11.9 Å². The van der Waals surface area contributed by atoms with Gasteiger partial charge in [0, 0.05) is 6.08 Å². The molecule has 4 nitrogen and oxygen atoms in total. The van der Waals surface area contributed by atoms with Crippen LogP contribution >= 0.6 is 0 Å². The van der Waals surface area contributed by atoms with E-state index in [1.165, 1.54) is 23.6 Å². The van der Waals surface area contributed by atoms with Crippen molar-refractivity contribution in [1.29, 1.82) is 0 Å². The lowest BCUT2D eigenvalue weighted by atomic mass is 10.1. The van der Waals surface area contributed by atoms with Gasteiger partial charge in [0.05, 0.1) is 0 Å². The summed E-state index contributed by atoms with van der Waals surface area (Å²) < 4.78 is 0. The standard InChI is InChI=1S/C13H15N3O/c14-13(15)16-12(17)7-5-9-4-6-10-2-1-3-11(10)8-9/h4-8H,1-3H2,(H4,14,15,16,17). The first-order valence-corrected chi connectivity index (χ1v) is 5.58. The largest absolute Gasteiger partial charge is 0.370 e. The number of benzene rings is 1. The molecule has 0 aliphatic heterocycles. The molecule has 2 rings (SSSR count). The molecule has 0 saturated heterocycles. The second-order valence-electron chi connectivity index (χ2n) is 4.09. The van der Waals surface area contributed by atoms with Gasteiger partial charge in [-0.05, 0) is 42.0 Å². The molecule has 4 heteroatoms. The van der Waals surface area contributed by atoms with E-state index in [9.17, 15) is 4.79 Å². The molecule has 1 amide bonds. The number of amides is 1. The van der Waals surface area contributed by atoms with Crippen LogP contribution in [0.25, 0.3) is 6.08 Å². The van der Waals surface area contributed by atoms with Crippen LogP contribution in [0.1, 0.15) is 23.1 Å². The highest BCUT2D eigenvalue weighted by atomic mass is 16.1. The Morgan fingerprint density at radius 3 is 2.76 bits per heavy atom. The fourth-order valence-electron chi connectivity index (χ4n) is 2.03. The molecule has 0 unspecified atom stereocenters. The van der Waals surface area contributed by atoms with E-state index < -0.39 is 5.91 Å². The van der Waals surface area contributed by atoms with Crippen molar-refractivity contribution in [2.24, 2.45) is 16.5 Å². The first-order valence-electron chi connectivity index (χ1n) is 5.58. The Hall–Kier alpha value is -2.10. The maximum Gasteiger partial charge on any atom is 0.272 e. The summed E-state index contributed by atoms with van der Waals surface area (Å²) >= 11 is 0. The van der Waals surface area contributed by atoms with Gasteiger partial charge in [-0.1, -0.05) is 18.2 Å². The zero-order valence-corrected chi connectivity index (χ0v) is 9.52. The monoisotopic (exact) mass is 229 g/mol. The maximum atomic E-state index is 11.2. The van der Waals surface area contributed by atoms with Crippen molar-refractivity contribution in [1.82, 2.24) is 0 Å². The number of aryl methyl sites for hydroxylation is 2. The molecule has 0 spiro atoms. The molecule has 0 saturated carbocycles. The third-order valence-electron chi connectivity index (χ3n) is 2.78. The molecule has 88 valence electrons. The van der Waals surface area contributed by atoms with Crippen molar-refractivity contribution >= 4 is 17.9 Å². The van der Waals surface area contributed by atoms with Gasteiger partial charge in [0.1, 0.15) is 0 Å². The van der Waals surface area contributed by atoms with Crippen molar-refractivity contribution < 1.29 is 4.79 Å². The number of nitrogens with two attached hydrogens (primary N) is 2. The van der Waals surface area contributed by atoms with E-state index in [0.29, 0.717) is 0 Å². The first kappa shape index (κ1) is 11.4. The minimum absolute atomic E-state index is 0.214. The van der Waals surface area contributed by atoms with Gasteiger partial charge in [0.15, 0.2) is 5.96 Å². The van der Waals surface area contributed by atoms with Gasteiger partial charge < -0.3 is 11.5 Å². The topological polar surface area (TPSA) is 81.5 Å². The predicted molar refractivity (Wildman–Crippen MR) is 68.3 cm³/mol. The molecule has 0 bridgehead atoms. The Bertz CT molecular complexity index is 499. The van der Waals surface area contributed by atoms with Crippen molar-refractivity contribution in [2.75, 3.05) is 0 Å². The summed E-state index contributed by atoms with van der Waals surface area (Å²) in [5, 5.41) is 0. The number of carbonyl (C=O) groups is 1. The average molecular weight is 229 g/mol. The van der Waals surface area contributed by atoms with Crippen molar-refractivity contribution in [3.63, 3.8) is 0 Å². The minimum Gasteiger partial charge on any atom is -0.370 e. The van der Waals surface area contributed by atoms with Crippen LogP contribution in [0, 0.1) is 0 Å². The van der Waals surface area contributed by atoms with Crippen LogP contribution in [0.2, 0.25) is 0 Å². The van der Waals surface area contributed by atoms with Gasteiger partial charge in [-0.3, -0.25) is 4.79 Å². The fraction of sp³-hybridized carbons (Fsp3) is 0.231. The number of rotatable bonds is 2. The van der Waals surface area contributed by atoms with Crippen molar-refractivity contribution in [3.8, 4) is 0 Å². The summed E-state index contributed by atoms with van der Waals surface area (Å²) in [7, 11) is 0. The van der Waals surface area contributed by atoms with Crippen LogP contribution < -0.4 is 11.5 Å². The number of nitrogens with zero attached hydrogens (tertiary/aromatic N) is 1. The van der Waals surface area contributed by atoms with E-state index in [1.807, 2.05) is 6.07 Å². The van der Waals surface area contributed by atoms with E-state index in [0.717, 1.165) is 18.4 Å². The van der Waals surface area contributed by atoms with E-state index >= 15 is 0 Å². The predicted octanol–water partition coefficient (Wildman–Crippen LogP) is 0.988. The zero-order chi connectivity index (χ0) is 12.3. The van der Waals surface area contributed by atoms with E-state index in [2.05, 4.69) is 17.1 Å². The summed E-state index contributed by atoms with van der Waals surface area (Å²) in [6.07, 6.45) is 6.60. The molecular formula is C13H15N3O. The summed E-state index contributed by atoms with van der Waals surface area (Å²) in [5.41, 5.74) is 14.0. The summed E-state index contributed by atoms with van der Waals surface area (Å²) in [6, 6.07) is 6.23. The lowest BCUT2D eigenvalue weighted by molar-refractivity contribution is -0.113. The molecule has 0 aromatic heterocycles. The van der Waals surface area contributed by atoms with Crippen LogP contribution in [0.15, 0.2) is 29.3 Å². The number of hydrogen-bond donors (Lipinski definition) is 2. The van der Waals surface area contributed by atoms with Crippen LogP contribution in [0.5, 0.6) is 0 Å². The van der Waals surface area contributed by atoms with Crippen LogP contribution in [0.4, 0.5) is 0 Å². The zero-order valence-electron chi connectivity index (χ0n) is 9.52. The highest BCUT2D eigenvalue weighted by Gasteiger charge is 2.09. The highest BCUT2D eigenvalue weighted by molar-refractivity contribution is 5.99. The third kappa shape index (κ3) is 2.93. The quantitative estimate of drug-likeness (QED) is 0.450. The molecule has 1 aliphatic rings. The smallest absolute Gasteiger partial charge is 0.272 e. The van der Waals surface area contributed by atoms with Crippen molar-refractivity contribution in [3.05, 3.63) is 41.0 Å². The molecule has 0 atom stereocenters. The molecule has 0 radical (unpaired) electrons. The van der Waals surface area contributed by atoms with Gasteiger partial charge in [-0.2, -0.15) is 4.99 Å². The molecule has 1 aliphatic carbocycles. The van der Waals surface area contributed by atoms with Gasteiger partial charge in [-0.25, -0.2) is 0 Å². The van der Waals surface area contributed by atoms with E-state index in [1.54, 1.807) is 6.08 Å². The fourth-order valence-corrected chi connectivity index (χ4v) is 2.03. The summed E-state index contributed by atoms with van der Waals surface area (Å²) in [6.45, 7) is 0. The molecular weight excluding hydrogens is 214 g/mol. The number of hydrogen-bond acceptors (Lipinski definition) is 1. The Balaban J connectivity index is 2.11. The molecule has 1 aromatic carbocycles. The van der Waals surface area contributed by atoms with E-state index in [4.69, 9.17) is 11.5 Å². The minimum atomic E-state index is -0.439. The Kier molecular flexibility index (Phi) is 3.23. The van der Waals surface area contributed by atoms with Gasteiger partial charge in [0.25, 0.3) is 5.91 Å². The first-order chi connectivity index (χ1) is 8.15. The highest BCUT2D eigenvalue weighted by Crippen LogP contribution is 2.23. The maximum absolute atomic E-state index is 11.2. The number of carbonyl (C=O) groups excluding carboxylic acids is 1. The molecule has 0 fully saturated rings. The average Bonchev–Trinajstić information content (AvgIpc) is 2.72.